The number of anilines is 1. The molecule has 3 N–H and O–H groups in total. The first kappa shape index (κ1) is 10.1. The third kappa shape index (κ3) is 3.09. The molecule has 0 saturated heterocycles. The van der Waals surface area contributed by atoms with Gasteiger partial charge in [-0.1, -0.05) is 29.8 Å². The van der Waals surface area contributed by atoms with Gasteiger partial charge in [-0.3, -0.25) is 0 Å². The molecule has 1 aromatic rings. The van der Waals surface area contributed by atoms with Gasteiger partial charge in [-0.05, 0) is 24.1 Å². The highest BCUT2D eigenvalue weighted by molar-refractivity contribution is 6.30. The Labute approximate surface area is 82.6 Å². The van der Waals surface area contributed by atoms with Crippen molar-refractivity contribution in [1.29, 1.82) is 0 Å². The summed E-state index contributed by atoms with van der Waals surface area (Å²) < 4.78 is 0. The molecule has 0 spiro atoms. The van der Waals surface area contributed by atoms with Crippen LogP contribution >= 0.6 is 11.6 Å². The van der Waals surface area contributed by atoms with E-state index in [1.807, 2.05) is 18.2 Å². The minimum absolute atomic E-state index is 0.157. The van der Waals surface area contributed by atoms with Gasteiger partial charge in [-0.15, -0.1) is 0 Å². The minimum Gasteiger partial charge on any atom is -0.398 e. The van der Waals surface area contributed by atoms with Crippen LogP contribution in [0.2, 0.25) is 5.02 Å². The van der Waals surface area contributed by atoms with E-state index in [1.54, 1.807) is 12.1 Å². The van der Waals surface area contributed by atoms with Gasteiger partial charge in [0.15, 0.2) is 0 Å². The van der Waals surface area contributed by atoms with E-state index in [2.05, 4.69) is 0 Å². The first-order chi connectivity index (χ1) is 6.24. The van der Waals surface area contributed by atoms with E-state index in [1.165, 1.54) is 0 Å². The first-order valence-corrected chi connectivity index (χ1v) is 4.44. The van der Waals surface area contributed by atoms with Gasteiger partial charge in [0.2, 0.25) is 0 Å². The molecule has 0 bridgehead atoms. The molecular weight excluding hydrogens is 186 g/mol. The van der Waals surface area contributed by atoms with Gasteiger partial charge in [0.05, 0.1) is 0 Å². The van der Waals surface area contributed by atoms with E-state index in [9.17, 15) is 0 Å². The van der Waals surface area contributed by atoms with Crippen LogP contribution in [-0.2, 0) is 0 Å². The quantitative estimate of drug-likeness (QED) is 0.731. The minimum atomic E-state index is 0.157. The molecule has 0 heterocycles. The fourth-order valence-electron chi connectivity index (χ4n) is 0.982. The van der Waals surface area contributed by atoms with Gasteiger partial charge < -0.3 is 10.8 Å². The number of rotatable bonds is 3. The number of halogens is 1. The molecule has 0 fully saturated rings. The van der Waals surface area contributed by atoms with Crippen molar-refractivity contribution in [2.75, 3.05) is 12.3 Å². The molecule has 0 amide bonds. The molecule has 0 aliphatic carbocycles. The summed E-state index contributed by atoms with van der Waals surface area (Å²) in [5.74, 6) is 0. The average molecular weight is 198 g/mol. The summed E-state index contributed by atoms with van der Waals surface area (Å²) >= 11 is 5.73. The molecule has 0 aliphatic heterocycles. The van der Waals surface area contributed by atoms with Crippen molar-refractivity contribution >= 4 is 23.4 Å². The molecule has 0 unspecified atom stereocenters. The Bertz CT molecular complexity index is 310. The van der Waals surface area contributed by atoms with Crippen molar-refractivity contribution in [3.63, 3.8) is 0 Å². The van der Waals surface area contributed by atoms with Crippen molar-refractivity contribution in [2.45, 2.75) is 6.42 Å². The number of hydrogen-bond acceptors (Lipinski definition) is 2. The van der Waals surface area contributed by atoms with E-state index < -0.39 is 0 Å². The van der Waals surface area contributed by atoms with Crippen molar-refractivity contribution in [3.05, 3.63) is 34.9 Å². The summed E-state index contributed by atoms with van der Waals surface area (Å²) in [5.41, 5.74) is 7.29. The molecule has 2 nitrogen and oxygen atoms in total. The summed E-state index contributed by atoms with van der Waals surface area (Å²) in [6.45, 7) is 0.157. The monoisotopic (exact) mass is 197 g/mol. The molecule has 0 saturated carbocycles. The summed E-state index contributed by atoms with van der Waals surface area (Å²) in [4.78, 5) is 0. The number of aliphatic hydroxyl groups is 1. The van der Waals surface area contributed by atoms with Gasteiger partial charge in [-0.25, -0.2) is 0 Å². The van der Waals surface area contributed by atoms with Crippen LogP contribution in [0, 0.1) is 0 Å². The largest absolute Gasteiger partial charge is 0.398 e. The van der Waals surface area contributed by atoms with Gasteiger partial charge in [-0.2, -0.15) is 0 Å². The maximum atomic E-state index is 8.55. The number of benzene rings is 1. The highest BCUT2D eigenvalue weighted by atomic mass is 35.5. The zero-order valence-corrected chi connectivity index (χ0v) is 7.96. The molecule has 0 aliphatic rings. The third-order valence-corrected chi connectivity index (χ3v) is 1.88. The Morgan fingerprint density at radius 3 is 2.85 bits per heavy atom. The molecular formula is C10H12ClNO. The molecule has 1 aromatic carbocycles. The summed E-state index contributed by atoms with van der Waals surface area (Å²) in [5, 5.41) is 9.19. The van der Waals surface area contributed by atoms with Crippen LogP contribution in [0.5, 0.6) is 0 Å². The lowest BCUT2D eigenvalue weighted by atomic mass is 10.1. The topological polar surface area (TPSA) is 46.2 Å². The van der Waals surface area contributed by atoms with Gasteiger partial charge in [0, 0.05) is 17.3 Å². The summed E-state index contributed by atoms with van der Waals surface area (Å²) in [6, 6.07) is 5.35. The Morgan fingerprint density at radius 2 is 2.23 bits per heavy atom. The summed E-state index contributed by atoms with van der Waals surface area (Å²) in [6.07, 6.45) is 4.39. The molecule has 0 radical (unpaired) electrons. The van der Waals surface area contributed by atoms with Crippen molar-refractivity contribution in [2.24, 2.45) is 0 Å². The number of nitrogens with two attached hydrogens (primary N) is 1. The second kappa shape index (κ2) is 4.90. The van der Waals surface area contributed by atoms with Crippen molar-refractivity contribution < 1.29 is 5.11 Å². The molecule has 1 rings (SSSR count). The third-order valence-electron chi connectivity index (χ3n) is 1.64. The van der Waals surface area contributed by atoms with Crippen LogP contribution in [0.1, 0.15) is 12.0 Å². The normalized spacial score (nSPS) is 10.9. The van der Waals surface area contributed by atoms with Crippen molar-refractivity contribution in [3.8, 4) is 0 Å². The lowest BCUT2D eigenvalue weighted by Crippen LogP contribution is -1.88. The molecule has 70 valence electrons. The van der Waals surface area contributed by atoms with E-state index in [-0.39, 0.29) is 6.61 Å². The van der Waals surface area contributed by atoms with Crippen LogP contribution < -0.4 is 5.73 Å². The van der Waals surface area contributed by atoms with E-state index in [4.69, 9.17) is 22.4 Å². The van der Waals surface area contributed by atoms with Crippen molar-refractivity contribution in [1.82, 2.24) is 0 Å². The maximum Gasteiger partial charge on any atom is 0.0465 e. The predicted octanol–water partition coefficient (Wildman–Crippen LogP) is 2.32. The van der Waals surface area contributed by atoms with Crippen LogP contribution in [0.25, 0.3) is 6.08 Å². The number of hydrogen-bond donors (Lipinski definition) is 2. The van der Waals surface area contributed by atoms with Gasteiger partial charge in [0.25, 0.3) is 0 Å². The number of aliphatic hydroxyl groups excluding tert-OH is 1. The zero-order valence-electron chi connectivity index (χ0n) is 7.20. The lowest BCUT2D eigenvalue weighted by molar-refractivity contribution is 0.303. The number of nitrogen functional groups attached to an aromatic ring is 1. The van der Waals surface area contributed by atoms with Gasteiger partial charge in [0.1, 0.15) is 0 Å². The van der Waals surface area contributed by atoms with E-state index >= 15 is 0 Å². The zero-order chi connectivity index (χ0) is 9.68. The van der Waals surface area contributed by atoms with E-state index in [0.29, 0.717) is 17.1 Å². The highest BCUT2D eigenvalue weighted by Gasteiger charge is 1.94. The first-order valence-electron chi connectivity index (χ1n) is 4.06. The second-order valence-corrected chi connectivity index (χ2v) is 3.12. The Morgan fingerprint density at radius 1 is 1.46 bits per heavy atom. The predicted molar refractivity (Wildman–Crippen MR) is 56.6 cm³/mol. The lowest BCUT2D eigenvalue weighted by Gasteiger charge is -1.99. The van der Waals surface area contributed by atoms with Crippen LogP contribution in [0.4, 0.5) is 5.69 Å². The second-order valence-electron chi connectivity index (χ2n) is 2.69. The fraction of sp³-hybridized carbons (Fsp3) is 0.200. The molecule has 0 atom stereocenters. The Hall–Kier alpha value is -0.990. The van der Waals surface area contributed by atoms with Crippen LogP contribution in [0.15, 0.2) is 24.3 Å². The van der Waals surface area contributed by atoms with Crippen LogP contribution in [0.3, 0.4) is 0 Å². The highest BCUT2D eigenvalue weighted by Crippen LogP contribution is 2.19. The SMILES string of the molecule is Nc1cc(Cl)ccc1C=CCCO. The average Bonchev–Trinajstić information content (AvgIpc) is 2.09. The Balaban J connectivity index is 2.77. The van der Waals surface area contributed by atoms with E-state index in [0.717, 1.165) is 5.56 Å². The summed E-state index contributed by atoms with van der Waals surface area (Å²) in [7, 11) is 0. The fourth-order valence-corrected chi connectivity index (χ4v) is 1.16. The molecule has 3 heteroatoms. The molecule has 0 aromatic heterocycles. The maximum absolute atomic E-state index is 8.55. The van der Waals surface area contributed by atoms with Gasteiger partial charge >= 0.3 is 0 Å². The smallest absolute Gasteiger partial charge is 0.0465 e. The standard InChI is InChI=1S/C10H12ClNO/c11-9-5-4-8(10(12)7-9)3-1-2-6-13/h1,3-5,7,13H,2,6,12H2. The Kier molecular flexibility index (Phi) is 3.80. The van der Waals surface area contributed by atoms with Crippen LogP contribution in [-0.4, -0.2) is 11.7 Å². The molecule has 13 heavy (non-hydrogen) atoms.